The van der Waals surface area contributed by atoms with E-state index in [0.717, 1.165) is 0 Å². The SMILES string of the molecule is CN1CCC(OS(=O)(=O)C(F)(F)F)C1. The first-order valence-electron chi connectivity index (χ1n) is 3.90. The number of likely N-dealkylation sites (tertiary alicyclic amines) is 1. The van der Waals surface area contributed by atoms with E-state index in [9.17, 15) is 21.6 Å². The van der Waals surface area contributed by atoms with Gasteiger partial charge in [-0.3, -0.25) is 4.18 Å². The molecule has 1 heterocycles. The molecule has 0 aromatic carbocycles. The molecule has 0 spiro atoms. The predicted molar refractivity (Wildman–Crippen MR) is 42.0 cm³/mol. The standard InChI is InChI=1S/C6H10F3NO3S/c1-10-3-2-5(4-10)13-14(11,12)6(7,8)9/h5H,2-4H2,1H3. The molecule has 8 heteroatoms. The number of hydrogen-bond acceptors (Lipinski definition) is 4. The summed E-state index contributed by atoms with van der Waals surface area (Å²) in [6.07, 6.45) is -0.585. The molecule has 14 heavy (non-hydrogen) atoms. The molecule has 1 saturated heterocycles. The Bertz CT molecular complexity index is 300. The van der Waals surface area contributed by atoms with Crippen LogP contribution in [0.25, 0.3) is 0 Å². The molecule has 0 radical (unpaired) electrons. The van der Waals surface area contributed by atoms with Crippen molar-refractivity contribution < 1.29 is 25.8 Å². The van der Waals surface area contributed by atoms with Crippen LogP contribution < -0.4 is 0 Å². The summed E-state index contributed by atoms with van der Waals surface area (Å²) in [4.78, 5) is 1.70. The second kappa shape index (κ2) is 3.67. The normalized spacial score (nSPS) is 25.6. The average molecular weight is 233 g/mol. The fourth-order valence-corrected chi connectivity index (χ4v) is 1.83. The molecule has 0 amide bonds. The van der Waals surface area contributed by atoms with Crippen LogP contribution in [-0.4, -0.2) is 45.1 Å². The lowest BCUT2D eigenvalue weighted by Crippen LogP contribution is -2.31. The summed E-state index contributed by atoms with van der Waals surface area (Å²) in [5, 5.41) is 0. The van der Waals surface area contributed by atoms with Crippen LogP contribution >= 0.6 is 0 Å². The van der Waals surface area contributed by atoms with Gasteiger partial charge in [-0.15, -0.1) is 0 Å². The minimum absolute atomic E-state index is 0.204. The monoisotopic (exact) mass is 233 g/mol. The summed E-state index contributed by atoms with van der Waals surface area (Å²) in [6, 6.07) is 0. The minimum atomic E-state index is -5.43. The molecule has 4 nitrogen and oxygen atoms in total. The van der Waals surface area contributed by atoms with E-state index in [1.807, 2.05) is 0 Å². The van der Waals surface area contributed by atoms with E-state index in [0.29, 0.717) is 13.0 Å². The van der Waals surface area contributed by atoms with Gasteiger partial charge in [0.1, 0.15) is 0 Å². The molecule has 0 aromatic rings. The Hall–Kier alpha value is -0.340. The van der Waals surface area contributed by atoms with Crippen LogP contribution in [0.4, 0.5) is 13.2 Å². The highest BCUT2D eigenvalue weighted by Gasteiger charge is 2.49. The maximum Gasteiger partial charge on any atom is 0.523 e. The molecule has 0 aromatic heterocycles. The Morgan fingerprint density at radius 3 is 2.36 bits per heavy atom. The molecule has 1 aliphatic rings. The number of nitrogens with zero attached hydrogens (tertiary/aromatic N) is 1. The molecular formula is C6H10F3NO3S. The first-order valence-corrected chi connectivity index (χ1v) is 5.31. The number of hydrogen-bond donors (Lipinski definition) is 0. The van der Waals surface area contributed by atoms with Gasteiger partial charge in [-0.2, -0.15) is 21.6 Å². The third-order valence-corrected chi connectivity index (χ3v) is 2.99. The Morgan fingerprint density at radius 2 is 2.00 bits per heavy atom. The highest BCUT2D eigenvalue weighted by atomic mass is 32.2. The zero-order valence-corrected chi connectivity index (χ0v) is 8.23. The van der Waals surface area contributed by atoms with Crippen molar-refractivity contribution >= 4 is 10.1 Å². The van der Waals surface area contributed by atoms with E-state index in [-0.39, 0.29) is 6.54 Å². The van der Waals surface area contributed by atoms with Gasteiger partial charge in [0.2, 0.25) is 0 Å². The van der Waals surface area contributed by atoms with E-state index >= 15 is 0 Å². The van der Waals surface area contributed by atoms with Crippen molar-refractivity contribution in [2.24, 2.45) is 0 Å². The molecule has 0 bridgehead atoms. The van der Waals surface area contributed by atoms with E-state index < -0.39 is 21.7 Å². The Kier molecular flexibility index (Phi) is 3.07. The quantitative estimate of drug-likeness (QED) is 0.516. The van der Waals surface area contributed by atoms with Gasteiger partial charge in [0.05, 0.1) is 6.10 Å². The second-order valence-electron chi connectivity index (χ2n) is 3.17. The summed E-state index contributed by atoms with van der Waals surface area (Å²) in [5.74, 6) is 0. The highest BCUT2D eigenvalue weighted by Crippen LogP contribution is 2.27. The third kappa shape index (κ3) is 2.58. The molecule has 1 unspecified atom stereocenters. The summed E-state index contributed by atoms with van der Waals surface area (Å²) < 4.78 is 60.7. The molecular weight excluding hydrogens is 223 g/mol. The van der Waals surface area contributed by atoms with Crippen LogP contribution in [0, 0.1) is 0 Å². The molecule has 1 rings (SSSR count). The highest BCUT2D eigenvalue weighted by molar-refractivity contribution is 7.87. The summed E-state index contributed by atoms with van der Waals surface area (Å²) in [6.45, 7) is 0.743. The van der Waals surface area contributed by atoms with Gasteiger partial charge in [0.25, 0.3) is 0 Å². The molecule has 1 fully saturated rings. The smallest absolute Gasteiger partial charge is 0.304 e. The molecule has 1 atom stereocenters. The van der Waals surface area contributed by atoms with Gasteiger partial charge >= 0.3 is 15.6 Å². The molecule has 0 saturated carbocycles. The predicted octanol–water partition coefficient (Wildman–Crippen LogP) is 0.557. The van der Waals surface area contributed by atoms with Crippen molar-refractivity contribution in [2.75, 3.05) is 20.1 Å². The lowest BCUT2D eigenvalue weighted by Gasteiger charge is -2.13. The van der Waals surface area contributed by atoms with Crippen molar-refractivity contribution in [2.45, 2.75) is 18.0 Å². The fourth-order valence-electron chi connectivity index (χ4n) is 1.21. The number of alkyl halides is 3. The lowest BCUT2D eigenvalue weighted by atomic mass is 10.3. The van der Waals surface area contributed by atoms with Gasteiger partial charge in [-0.1, -0.05) is 0 Å². The van der Waals surface area contributed by atoms with Crippen molar-refractivity contribution in [3.63, 3.8) is 0 Å². The Balaban J connectivity index is 2.61. The third-order valence-electron chi connectivity index (χ3n) is 1.89. The first-order chi connectivity index (χ1) is 6.22. The van der Waals surface area contributed by atoms with Gasteiger partial charge in [0, 0.05) is 13.1 Å². The topological polar surface area (TPSA) is 46.6 Å². The van der Waals surface area contributed by atoms with Crippen LogP contribution in [0.5, 0.6) is 0 Å². The van der Waals surface area contributed by atoms with E-state index in [2.05, 4.69) is 4.18 Å². The van der Waals surface area contributed by atoms with Crippen LogP contribution in [0.2, 0.25) is 0 Å². The fraction of sp³-hybridized carbons (Fsp3) is 1.00. The van der Waals surface area contributed by atoms with Crippen molar-refractivity contribution in [3.8, 4) is 0 Å². The molecule has 84 valence electrons. The van der Waals surface area contributed by atoms with Crippen LogP contribution in [-0.2, 0) is 14.3 Å². The number of halogens is 3. The average Bonchev–Trinajstić information content (AvgIpc) is 2.31. The summed E-state index contributed by atoms with van der Waals surface area (Å²) in [7, 11) is -3.75. The lowest BCUT2D eigenvalue weighted by molar-refractivity contribution is -0.0569. The number of likely N-dealkylation sites (N-methyl/N-ethyl adjacent to an activating group) is 1. The molecule has 0 N–H and O–H groups in total. The van der Waals surface area contributed by atoms with E-state index in [4.69, 9.17) is 0 Å². The van der Waals surface area contributed by atoms with Crippen molar-refractivity contribution in [3.05, 3.63) is 0 Å². The second-order valence-corrected chi connectivity index (χ2v) is 4.73. The first kappa shape index (κ1) is 11.7. The largest absolute Gasteiger partial charge is 0.523 e. The van der Waals surface area contributed by atoms with Crippen LogP contribution in [0.3, 0.4) is 0 Å². The van der Waals surface area contributed by atoms with Gasteiger partial charge in [0.15, 0.2) is 0 Å². The maximum atomic E-state index is 11.9. The Labute approximate surface area is 79.8 Å². The number of rotatable bonds is 2. The van der Waals surface area contributed by atoms with E-state index in [1.165, 1.54) is 0 Å². The zero-order chi connectivity index (χ0) is 11.0. The Morgan fingerprint density at radius 1 is 1.43 bits per heavy atom. The van der Waals surface area contributed by atoms with Crippen molar-refractivity contribution in [1.29, 1.82) is 0 Å². The van der Waals surface area contributed by atoms with Crippen LogP contribution in [0.1, 0.15) is 6.42 Å². The molecule has 0 aliphatic carbocycles. The van der Waals surface area contributed by atoms with E-state index in [1.54, 1.807) is 11.9 Å². The van der Waals surface area contributed by atoms with Gasteiger partial charge < -0.3 is 4.90 Å². The summed E-state index contributed by atoms with van der Waals surface area (Å²) >= 11 is 0. The minimum Gasteiger partial charge on any atom is -0.304 e. The van der Waals surface area contributed by atoms with Crippen molar-refractivity contribution in [1.82, 2.24) is 4.90 Å². The van der Waals surface area contributed by atoms with Gasteiger partial charge in [-0.25, -0.2) is 0 Å². The van der Waals surface area contributed by atoms with Crippen LogP contribution in [0.15, 0.2) is 0 Å². The summed E-state index contributed by atoms with van der Waals surface area (Å²) in [5.41, 5.74) is -5.33. The maximum absolute atomic E-state index is 11.9. The zero-order valence-electron chi connectivity index (χ0n) is 7.41. The van der Waals surface area contributed by atoms with Gasteiger partial charge in [-0.05, 0) is 13.5 Å². The molecule has 1 aliphatic heterocycles.